The van der Waals surface area contributed by atoms with Gasteiger partial charge in [-0.3, -0.25) is 4.79 Å². The molecule has 188 valence electrons. The minimum absolute atomic E-state index is 0.0708. The Morgan fingerprint density at radius 3 is 1.61 bits per heavy atom. The third-order valence-corrected chi connectivity index (χ3v) is 15.2. The van der Waals surface area contributed by atoms with E-state index >= 15 is 0 Å². The molecular weight excluding hydrogens is 478 g/mol. The van der Waals surface area contributed by atoms with Crippen LogP contribution in [-0.4, -0.2) is 30.8 Å². The maximum Gasteiger partial charge on any atom is 0.293 e. The lowest BCUT2D eigenvalue weighted by atomic mass is 9.84. The topological polar surface area (TPSA) is 29.5 Å². The molecule has 1 aliphatic heterocycles. The van der Waals surface area contributed by atoms with E-state index < -0.39 is 13.0 Å². The lowest BCUT2D eigenvalue weighted by molar-refractivity contribution is -0.131. The Morgan fingerprint density at radius 2 is 1.25 bits per heavy atom. The first-order valence-corrected chi connectivity index (χ1v) is 16.4. The summed E-state index contributed by atoms with van der Waals surface area (Å²) < 4.78 is 7.63. The van der Waals surface area contributed by atoms with Gasteiger partial charge in [0.05, 0.1) is 10.1 Å². The van der Waals surface area contributed by atoms with Gasteiger partial charge in [-0.15, -0.1) is 11.8 Å². The van der Waals surface area contributed by atoms with Crippen LogP contribution in [0.15, 0.2) is 103 Å². The Kier molecular flexibility index (Phi) is 7.53. The number of carbonyl (C=O) groups excluding carboxylic acids is 1. The maximum absolute atomic E-state index is 11.3. The third-order valence-electron chi connectivity index (χ3n) is 7.87. The summed E-state index contributed by atoms with van der Waals surface area (Å²) in [5.74, 6) is 0. The monoisotopic (exact) mass is 515 g/mol. The second-order valence-electron chi connectivity index (χ2n) is 11.0. The van der Waals surface area contributed by atoms with Crippen molar-refractivity contribution in [3.05, 3.63) is 119 Å². The Morgan fingerprint density at radius 1 is 0.833 bits per heavy atom. The van der Waals surface area contributed by atoms with E-state index in [-0.39, 0.29) is 16.5 Å². The van der Waals surface area contributed by atoms with Crippen LogP contribution in [0.1, 0.15) is 44.4 Å². The average molecular weight is 516 g/mol. The molecule has 0 aromatic heterocycles. The highest BCUT2D eigenvalue weighted by atomic mass is 32.2. The summed E-state index contributed by atoms with van der Waals surface area (Å²) in [5, 5.41) is 0.235. The second kappa shape index (κ2) is 10.3. The lowest BCUT2D eigenvalue weighted by Gasteiger charge is -2.57. The molecule has 4 rings (SSSR count). The predicted molar refractivity (Wildman–Crippen MR) is 154 cm³/mol. The van der Waals surface area contributed by atoms with Gasteiger partial charge in [0.25, 0.3) is 6.47 Å². The first-order chi connectivity index (χ1) is 17.1. The van der Waals surface area contributed by atoms with Crippen LogP contribution in [-0.2, 0) is 14.3 Å². The molecule has 3 nitrogen and oxygen atoms in total. The fraction of sp³-hybridized carbons (Fsp3) is 0.323. The number of rotatable bonds is 9. The summed E-state index contributed by atoms with van der Waals surface area (Å²) >= 11 is 1.95. The number of carbonyl (C=O) groups is 1. The minimum atomic E-state index is -1.91. The van der Waals surface area contributed by atoms with E-state index in [1.807, 2.05) is 18.7 Å². The fourth-order valence-corrected chi connectivity index (χ4v) is 9.34. The highest BCUT2D eigenvalue weighted by Crippen LogP contribution is 2.56. The van der Waals surface area contributed by atoms with Crippen LogP contribution in [0.25, 0.3) is 0 Å². The molecule has 0 bridgehead atoms. The third kappa shape index (κ3) is 4.67. The van der Waals surface area contributed by atoms with Crippen molar-refractivity contribution in [2.45, 2.75) is 62.1 Å². The molecule has 1 aliphatic rings. The van der Waals surface area contributed by atoms with Gasteiger partial charge in [0.2, 0.25) is 0 Å². The van der Waals surface area contributed by atoms with Gasteiger partial charge >= 0.3 is 0 Å². The molecule has 0 saturated heterocycles. The van der Waals surface area contributed by atoms with E-state index in [1.54, 1.807) is 0 Å². The molecule has 0 aliphatic carbocycles. The Labute approximate surface area is 221 Å². The van der Waals surface area contributed by atoms with Crippen molar-refractivity contribution in [1.29, 1.82) is 0 Å². The van der Waals surface area contributed by atoms with Crippen LogP contribution in [0.4, 0.5) is 0 Å². The van der Waals surface area contributed by atoms with Crippen LogP contribution in [0.5, 0.6) is 0 Å². The zero-order valence-corrected chi connectivity index (χ0v) is 24.0. The van der Waals surface area contributed by atoms with Crippen molar-refractivity contribution >= 4 is 26.5 Å². The summed E-state index contributed by atoms with van der Waals surface area (Å²) in [7, 11) is -1.91. The fourth-order valence-electron chi connectivity index (χ4n) is 4.69. The molecule has 2 atom stereocenters. The first kappa shape index (κ1) is 26.3. The second-order valence-corrected chi connectivity index (χ2v) is 17.4. The smallest absolute Gasteiger partial charge is 0.293 e. The van der Waals surface area contributed by atoms with Gasteiger partial charge in [0.15, 0.2) is 8.24 Å². The van der Waals surface area contributed by atoms with Crippen LogP contribution < -0.4 is 0 Å². The lowest BCUT2D eigenvalue weighted by Crippen LogP contribution is -2.62. The standard InChI is InChI=1S/C31H37NO2SSi/c1-24(34-23-33)28-22-32(36(5,6)30(2,3)4)29(28)35-31(25-16-10-7-11-17-25,26-18-12-8-13-19-26)27-20-14-9-15-21-27/h7-24,29H,1-6H3. The van der Waals surface area contributed by atoms with Crippen LogP contribution in [0, 0.1) is 0 Å². The van der Waals surface area contributed by atoms with E-state index in [2.05, 4.69) is 136 Å². The molecule has 36 heavy (non-hydrogen) atoms. The molecule has 0 N–H and O–H groups in total. The van der Waals surface area contributed by atoms with E-state index in [1.165, 1.54) is 16.7 Å². The van der Waals surface area contributed by atoms with Crippen LogP contribution in [0.2, 0.25) is 18.1 Å². The summed E-state index contributed by atoms with van der Waals surface area (Å²) in [4.78, 5) is 11.3. The maximum atomic E-state index is 11.3. The van der Waals surface area contributed by atoms with E-state index in [9.17, 15) is 4.79 Å². The van der Waals surface area contributed by atoms with Crippen LogP contribution in [0.3, 0.4) is 0 Å². The van der Waals surface area contributed by atoms with E-state index in [4.69, 9.17) is 4.74 Å². The van der Waals surface area contributed by atoms with Crippen molar-refractivity contribution < 1.29 is 9.53 Å². The van der Waals surface area contributed by atoms with Crippen molar-refractivity contribution in [3.63, 3.8) is 0 Å². The number of hydrogen-bond acceptors (Lipinski definition) is 4. The van der Waals surface area contributed by atoms with Gasteiger partial charge in [-0.25, -0.2) is 0 Å². The van der Waals surface area contributed by atoms with Crippen molar-refractivity contribution in [1.82, 2.24) is 4.57 Å². The van der Waals surface area contributed by atoms with Gasteiger partial charge in [-0.05, 0) is 34.9 Å². The first-order valence-electron chi connectivity index (χ1n) is 12.6. The van der Waals surface area contributed by atoms with Crippen molar-refractivity contribution in [3.8, 4) is 0 Å². The Balaban J connectivity index is 1.94. The summed E-state index contributed by atoms with van der Waals surface area (Å²) in [5.41, 5.74) is 4.86. The van der Waals surface area contributed by atoms with Gasteiger partial charge in [0.1, 0.15) is 6.10 Å². The molecule has 1 heterocycles. The quantitative estimate of drug-likeness (QED) is 0.165. The van der Waals surface area contributed by atoms with Gasteiger partial charge in [-0.1, -0.05) is 125 Å². The molecule has 3 aromatic carbocycles. The molecule has 0 radical (unpaired) electrons. The summed E-state index contributed by atoms with van der Waals surface area (Å²) in [6.07, 6.45) is 1.98. The largest absolute Gasteiger partial charge is 0.460 e. The molecule has 5 heteroatoms. The minimum Gasteiger partial charge on any atom is -0.460 e. The van der Waals surface area contributed by atoms with Gasteiger partial charge in [-0.2, -0.15) is 0 Å². The number of nitrogens with zero attached hydrogens (tertiary/aromatic N) is 1. The summed E-state index contributed by atoms with van der Waals surface area (Å²) in [6, 6.07) is 32.4. The SMILES string of the molecule is CC(OC=O)C1=CN([Si](C)(C)C(C)(C)C)C1SC(c1ccccc1)(c1ccccc1)c1ccccc1. The Bertz CT molecular complexity index is 1090. The van der Waals surface area contributed by atoms with E-state index in [0.29, 0.717) is 6.47 Å². The molecule has 0 fully saturated rings. The van der Waals surface area contributed by atoms with E-state index in [0.717, 1.165) is 5.57 Å². The average Bonchev–Trinajstić information content (AvgIpc) is 2.85. The van der Waals surface area contributed by atoms with Crippen molar-refractivity contribution in [2.24, 2.45) is 0 Å². The highest BCUT2D eigenvalue weighted by molar-refractivity contribution is 8.01. The molecular formula is C31H37NO2SSi. The van der Waals surface area contributed by atoms with Gasteiger partial charge < -0.3 is 9.30 Å². The Hall–Kier alpha value is -2.76. The van der Waals surface area contributed by atoms with Crippen molar-refractivity contribution in [2.75, 3.05) is 0 Å². The number of ether oxygens (including phenoxy) is 1. The van der Waals surface area contributed by atoms with Crippen LogP contribution >= 0.6 is 11.8 Å². The van der Waals surface area contributed by atoms with Gasteiger partial charge in [0, 0.05) is 5.57 Å². The normalized spacial score (nSPS) is 17.1. The number of thioether (sulfide) groups is 1. The molecule has 0 saturated carbocycles. The summed E-state index contributed by atoms with van der Waals surface area (Å²) in [6.45, 7) is 14.5. The molecule has 0 spiro atoms. The number of hydrogen-bond donors (Lipinski definition) is 0. The zero-order chi connectivity index (χ0) is 26.0. The zero-order valence-electron chi connectivity index (χ0n) is 22.1. The molecule has 3 aromatic rings. The predicted octanol–water partition coefficient (Wildman–Crippen LogP) is 7.80. The number of benzene rings is 3. The molecule has 2 unspecified atom stereocenters. The highest BCUT2D eigenvalue weighted by Gasteiger charge is 2.52. The molecule has 0 amide bonds.